The van der Waals surface area contributed by atoms with Crippen molar-refractivity contribution in [1.29, 1.82) is 0 Å². The van der Waals surface area contributed by atoms with E-state index in [1.807, 2.05) is 53.4 Å². The van der Waals surface area contributed by atoms with Gasteiger partial charge < -0.3 is 15.0 Å². The molecule has 1 saturated heterocycles. The summed E-state index contributed by atoms with van der Waals surface area (Å²) in [7, 11) is 0. The van der Waals surface area contributed by atoms with E-state index in [-0.39, 0.29) is 6.03 Å². The van der Waals surface area contributed by atoms with E-state index in [2.05, 4.69) is 17.4 Å². The molecule has 2 amide bonds. The number of hydrogen-bond acceptors (Lipinski definition) is 2. The molecule has 0 saturated carbocycles. The molecule has 1 fully saturated rings. The van der Waals surface area contributed by atoms with E-state index in [9.17, 15) is 4.79 Å². The minimum atomic E-state index is 0.0249. The zero-order valence-corrected chi connectivity index (χ0v) is 13.2. The zero-order valence-electron chi connectivity index (χ0n) is 13.2. The Kier molecular flexibility index (Phi) is 5.14. The summed E-state index contributed by atoms with van der Waals surface area (Å²) in [6.45, 7) is 2.80. The Morgan fingerprint density at radius 2 is 1.74 bits per heavy atom. The minimum Gasteiger partial charge on any atom is -0.494 e. The van der Waals surface area contributed by atoms with E-state index >= 15 is 0 Å². The number of para-hydroxylation sites is 1. The number of carbonyl (C=O) groups is 1. The van der Waals surface area contributed by atoms with Gasteiger partial charge in [-0.1, -0.05) is 48.5 Å². The fraction of sp³-hybridized carbons (Fsp3) is 0.316. The van der Waals surface area contributed by atoms with E-state index in [0.29, 0.717) is 25.6 Å². The number of ether oxygens (including phenoxy) is 1. The summed E-state index contributed by atoms with van der Waals surface area (Å²) in [5.41, 5.74) is 1.28. The zero-order chi connectivity index (χ0) is 15.9. The highest BCUT2D eigenvalue weighted by molar-refractivity contribution is 5.75. The Balaban J connectivity index is 1.47. The maximum Gasteiger partial charge on any atom is 0.317 e. The third kappa shape index (κ3) is 4.25. The quantitative estimate of drug-likeness (QED) is 0.832. The van der Waals surface area contributed by atoms with Crippen LogP contribution >= 0.6 is 0 Å². The van der Waals surface area contributed by atoms with Crippen LogP contribution in [0.3, 0.4) is 0 Å². The van der Waals surface area contributed by atoms with Crippen LogP contribution in [0.4, 0.5) is 4.79 Å². The Bertz CT molecular complexity index is 616. The molecule has 23 heavy (non-hydrogen) atoms. The van der Waals surface area contributed by atoms with Crippen LogP contribution in [0.2, 0.25) is 0 Å². The molecule has 1 N–H and O–H groups in total. The summed E-state index contributed by atoms with van der Waals surface area (Å²) in [5, 5.41) is 2.99. The average Bonchev–Trinajstić information content (AvgIpc) is 2.62. The van der Waals surface area contributed by atoms with Gasteiger partial charge in [-0.05, 0) is 24.1 Å². The molecule has 0 radical (unpaired) electrons. The number of hydrogen-bond donors (Lipinski definition) is 1. The second kappa shape index (κ2) is 7.68. The highest BCUT2D eigenvalue weighted by atomic mass is 16.5. The number of nitrogens with zero attached hydrogens (tertiary/aromatic N) is 1. The maximum absolute atomic E-state index is 12.0. The fourth-order valence-electron chi connectivity index (χ4n) is 2.84. The second-order valence-electron chi connectivity index (χ2n) is 5.75. The van der Waals surface area contributed by atoms with E-state index in [1.54, 1.807) is 0 Å². The minimum absolute atomic E-state index is 0.0249. The van der Waals surface area contributed by atoms with E-state index in [4.69, 9.17) is 4.74 Å². The van der Waals surface area contributed by atoms with Crippen molar-refractivity contribution in [2.45, 2.75) is 12.3 Å². The number of rotatable bonds is 6. The standard InChI is InChI=1S/C19H22N2O2/c22-19-20-14-17(16-8-3-1-4-9-16)15-21(19)12-7-13-23-18-10-5-2-6-11-18/h1-6,8-11,17H,7,12-15H2,(H,20,22). The number of amides is 2. The summed E-state index contributed by atoms with van der Waals surface area (Å²) >= 11 is 0. The van der Waals surface area contributed by atoms with Crippen LogP contribution in [-0.2, 0) is 0 Å². The SMILES string of the molecule is O=C1NCC(c2ccccc2)CN1CCCOc1ccccc1. The first kappa shape index (κ1) is 15.4. The van der Waals surface area contributed by atoms with Crippen LogP contribution < -0.4 is 10.1 Å². The molecule has 1 heterocycles. The van der Waals surface area contributed by atoms with Gasteiger partial charge in [0.25, 0.3) is 0 Å². The molecular weight excluding hydrogens is 288 g/mol. The van der Waals surface area contributed by atoms with Crippen molar-refractivity contribution in [2.24, 2.45) is 0 Å². The predicted octanol–water partition coefficient (Wildman–Crippen LogP) is 3.26. The Morgan fingerprint density at radius 1 is 1.04 bits per heavy atom. The molecule has 0 aliphatic carbocycles. The smallest absolute Gasteiger partial charge is 0.317 e. The van der Waals surface area contributed by atoms with Crippen LogP contribution in [0.25, 0.3) is 0 Å². The molecule has 120 valence electrons. The lowest BCUT2D eigenvalue weighted by Crippen LogP contribution is -2.50. The lowest BCUT2D eigenvalue weighted by Gasteiger charge is -2.33. The van der Waals surface area contributed by atoms with Gasteiger partial charge in [0.2, 0.25) is 0 Å². The fourth-order valence-corrected chi connectivity index (χ4v) is 2.84. The van der Waals surface area contributed by atoms with Gasteiger partial charge >= 0.3 is 6.03 Å². The molecule has 0 spiro atoms. The van der Waals surface area contributed by atoms with Crippen molar-refractivity contribution in [3.8, 4) is 5.75 Å². The van der Waals surface area contributed by atoms with Gasteiger partial charge in [-0.3, -0.25) is 0 Å². The number of carbonyl (C=O) groups excluding carboxylic acids is 1. The van der Waals surface area contributed by atoms with Crippen molar-refractivity contribution < 1.29 is 9.53 Å². The van der Waals surface area contributed by atoms with Gasteiger partial charge in [-0.25, -0.2) is 4.79 Å². The third-order valence-electron chi connectivity index (χ3n) is 4.08. The molecular formula is C19H22N2O2. The van der Waals surface area contributed by atoms with Crippen molar-refractivity contribution in [3.63, 3.8) is 0 Å². The van der Waals surface area contributed by atoms with Crippen molar-refractivity contribution in [2.75, 3.05) is 26.2 Å². The first-order chi connectivity index (χ1) is 11.3. The van der Waals surface area contributed by atoms with Crippen molar-refractivity contribution in [1.82, 2.24) is 10.2 Å². The summed E-state index contributed by atoms with van der Waals surface area (Å²) in [6.07, 6.45) is 0.823. The topological polar surface area (TPSA) is 41.6 Å². The number of urea groups is 1. The summed E-state index contributed by atoms with van der Waals surface area (Å²) in [4.78, 5) is 13.9. The first-order valence-corrected chi connectivity index (χ1v) is 8.08. The molecule has 1 unspecified atom stereocenters. The van der Waals surface area contributed by atoms with Crippen molar-refractivity contribution in [3.05, 3.63) is 66.2 Å². The largest absolute Gasteiger partial charge is 0.494 e. The van der Waals surface area contributed by atoms with Gasteiger partial charge in [0.15, 0.2) is 0 Å². The van der Waals surface area contributed by atoms with Gasteiger partial charge in [-0.2, -0.15) is 0 Å². The van der Waals surface area contributed by atoms with Crippen LogP contribution in [0, 0.1) is 0 Å². The third-order valence-corrected chi connectivity index (χ3v) is 4.08. The lowest BCUT2D eigenvalue weighted by molar-refractivity contribution is 0.173. The molecule has 0 bridgehead atoms. The molecule has 1 aliphatic rings. The maximum atomic E-state index is 12.0. The molecule has 2 aromatic rings. The van der Waals surface area contributed by atoms with E-state index in [1.165, 1.54) is 5.56 Å². The molecule has 1 atom stereocenters. The normalized spacial score (nSPS) is 17.7. The lowest BCUT2D eigenvalue weighted by atomic mass is 9.97. The Hall–Kier alpha value is -2.49. The average molecular weight is 310 g/mol. The number of benzene rings is 2. The first-order valence-electron chi connectivity index (χ1n) is 8.08. The molecule has 3 rings (SSSR count). The predicted molar refractivity (Wildman–Crippen MR) is 90.7 cm³/mol. The van der Waals surface area contributed by atoms with E-state index in [0.717, 1.165) is 18.7 Å². The van der Waals surface area contributed by atoms with Crippen LogP contribution in [-0.4, -0.2) is 37.2 Å². The summed E-state index contributed by atoms with van der Waals surface area (Å²) in [5.74, 6) is 1.22. The van der Waals surface area contributed by atoms with E-state index < -0.39 is 0 Å². The second-order valence-corrected chi connectivity index (χ2v) is 5.75. The van der Waals surface area contributed by atoms with Crippen LogP contribution in [0.15, 0.2) is 60.7 Å². The highest BCUT2D eigenvalue weighted by Gasteiger charge is 2.25. The van der Waals surface area contributed by atoms with Gasteiger partial charge in [-0.15, -0.1) is 0 Å². The molecule has 4 nitrogen and oxygen atoms in total. The van der Waals surface area contributed by atoms with Crippen molar-refractivity contribution >= 4 is 6.03 Å². The van der Waals surface area contributed by atoms with Crippen LogP contribution in [0.5, 0.6) is 5.75 Å². The molecule has 4 heteroatoms. The molecule has 1 aliphatic heterocycles. The van der Waals surface area contributed by atoms with Gasteiger partial charge in [0.05, 0.1) is 6.61 Å². The Labute approximate surface area is 137 Å². The van der Waals surface area contributed by atoms with Gasteiger partial charge in [0.1, 0.15) is 5.75 Å². The molecule has 0 aromatic heterocycles. The van der Waals surface area contributed by atoms with Crippen LogP contribution in [0.1, 0.15) is 17.9 Å². The van der Waals surface area contributed by atoms with Gasteiger partial charge in [0, 0.05) is 25.6 Å². The summed E-state index contributed by atoms with van der Waals surface area (Å²) < 4.78 is 5.69. The summed E-state index contributed by atoms with van der Waals surface area (Å²) in [6, 6.07) is 20.1. The molecule has 2 aromatic carbocycles. The number of nitrogens with one attached hydrogen (secondary N) is 1. The highest BCUT2D eigenvalue weighted by Crippen LogP contribution is 2.19. The monoisotopic (exact) mass is 310 g/mol. The Morgan fingerprint density at radius 3 is 2.48 bits per heavy atom.